The Kier molecular flexibility index (Phi) is 3.58. The van der Waals surface area contributed by atoms with Gasteiger partial charge >= 0.3 is 0 Å². The maximum absolute atomic E-state index is 6.04. The largest absolute Gasteiger partial charge is 0.453 e. The SMILES string of the molecule is CC(C)n1cc(Oc2c(CN)cnc3ccccc23)cn1. The van der Waals surface area contributed by atoms with Crippen LogP contribution in [0, 0.1) is 0 Å². The van der Waals surface area contributed by atoms with Crippen LogP contribution in [0.5, 0.6) is 11.5 Å². The smallest absolute Gasteiger partial charge is 0.165 e. The lowest BCUT2D eigenvalue weighted by atomic mass is 10.1. The fraction of sp³-hybridized carbons (Fsp3) is 0.250. The Hall–Kier alpha value is -2.40. The summed E-state index contributed by atoms with van der Waals surface area (Å²) in [6, 6.07) is 8.17. The van der Waals surface area contributed by atoms with Gasteiger partial charge in [-0.2, -0.15) is 5.10 Å². The minimum atomic E-state index is 0.297. The van der Waals surface area contributed by atoms with E-state index in [0.29, 0.717) is 18.3 Å². The highest BCUT2D eigenvalue weighted by atomic mass is 16.5. The zero-order valence-corrected chi connectivity index (χ0v) is 12.2. The second-order valence-corrected chi connectivity index (χ2v) is 5.19. The number of hydrogen-bond donors (Lipinski definition) is 1. The average Bonchev–Trinajstić information content (AvgIpc) is 2.96. The highest BCUT2D eigenvalue weighted by Gasteiger charge is 2.11. The molecule has 5 nitrogen and oxygen atoms in total. The van der Waals surface area contributed by atoms with Crippen molar-refractivity contribution in [2.24, 2.45) is 5.73 Å². The molecule has 0 aliphatic carbocycles. The molecule has 0 spiro atoms. The summed E-state index contributed by atoms with van der Waals surface area (Å²) in [5.41, 5.74) is 7.58. The summed E-state index contributed by atoms with van der Waals surface area (Å²) in [5, 5.41) is 5.25. The number of aromatic nitrogens is 3. The lowest BCUT2D eigenvalue weighted by Crippen LogP contribution is -2.01. The van der Waals surface area contributed by atoms with Gasteiger partial charge in [-0.1, -0.05) is 12.1 Å². The number of benzene rings is 1. The summed E-state index contributed by atoms with van der Waals surface area (Å²) in [7, 11) is 0. The van der Waals surface area contributed by atoms with Crippen molar-refractivity contribution in [1.82, 2.24) is 14.8 Å². The standard InChI is InChI=1S/C16H18N4O/c1-11(2)20-10-13(9-19-20)21-16-12(7-17)8-18-15-6-4-3-5-14(15)16/h3-6,8-11H,7,17H2,1-2H3. The zero-order valence-electron chi connectivity index (χ0n) is 12.2. The molecule has 2 heterocycles. The summed E-state index contributed by atoms with van der Waals surface area (Å²) >= 11 is 0. The van der Waals surface area contributed by atoms with Crippen molar-refractivity contribution in [3.8, 4) is 11.5 Å². The van der Waals surface area contributed by atoms with Crippen molar-refractivity contribution >= 4 is 10.9 Å². The van der Waals surface area contributed by atoms with E-state index in [-0.39, 0.29) is 0 Å². The van der Waals surface area contributed by atoms with Crippen LogP contribution in [0.1, 0.15) is 25.5 Å². The van der Waals surface area contributed by atoms with Crippen molar-refractivity contribution in [3.63, 3.8) is 0 Å². The predicted octanol–water partition coefficient (Wildman–Crippen LogP) is 3.26. The van der Waals surface area contributed by atoms with Crippen LogP contribution in [-0.4, -0.2) is 14.8 Å². The third kappa shape index (κ3) is 2.60. The van der Waals surface area contributed by atoms with E-state index < -0.39 is 0 Å². The van der Waals surface area contributed by atoms with Crippen LogP contribution in [0.15, 0.2) is 42.9 Å². The summed E-state index contributed by atoms with van der Waals surface area (Å²) < 4.78 is 7.90. The molecule has 0 radical (unpaired) electrons. The Balaban J connectivity index is 2.05. The van der Waals surface area contributed by atoms with Crippen LogP contribution in [-0.2, 0) is 6.54 Å². The van der Waals surface area contributed by atoms with E-state index in [9.17, 15) is 0 Å². The minimum Gasteiger partial charge on any atom is -0.453 e. The Morgan fingerprint density at radius 1 is 1.24 bits per heavy atom. The first kappa shape index (κ1) is 13.6. The van der Waals surface area contributed by atoms with Crippen LogP contribution in [0.25, 0.3) is 10.9 Å². The minimum absolute atomic E-state index is 0.297. The second kappa shape index (κ2) is 5.54. The Bertz CT molecular complexity index is 764. The Morgan fingerprint density at radius 2 is 2.05 bits per heavy atom. The van der Waals surface area contributed by atoms with Gasteiger partial charge in [-0.3, -0.25) is 9.67 Å². The maximum atomic E-state index is 6.04. The van der Waals surface area contributed by atoms with Crippen molar-refractivity contribution in [3.05, 3.63) is 48.4 Å². The highest BCUT2D eigenvalue weighted by Crippen LogP contribution is 2.32. The average molecular weight is 282 g/mol. The molecule has 0 bridgehead atoms. The number of fused-ring (bicyclic) bond motifs is 1. The molecule has 0 fully saturated rings. The molecule has 5 heteroatoms. The molecule has 2 aromatic heterocycles. The van der Waals surface area contributed by atoms with Gasteiger partial charge in [0, 0.05) is 29.7 Å². The molecule has 21 heavy (non-hydrogen) atoms. The quantitative estimate of drug-likeness (QED) is 0.797. The number of nitrogens with zero attached hydrogens (tertiary/aromatic N) is 3. The number of ether oxygens (including phenoxy) is 1. The van der Waals surface area contributed by atoms with E-state index in [0.717, 1.165) is 22.2 Å². The topological polar surface area (TPSA) is 66.0 Å². The fourth-order valence-corrected chi connectivity index (χ4v) is 2.20. The maximum Gasteiger partial charge on any atom is 0.165 e. The van der Waals surface area contributed by atoms with E-state index in [2.05, 4.69) is 23.9 Å². The second-order valence-electron chi connectivity index (χ2n) is 5.19. The first-order valence-electron chi connectivity index (χ1n) is 6.97. The lowest BCUT2D eigenvalue weighted by Gasteiger charge is -2.11. The molecule has 0 amide bonds. The van der Waals surface area contributed by atoms with Crippen LogP contribution in [0.4, 0.5) is 0 Å². The first-order valence-corrected chi connectivity index (χ1v) is 6.97. The molecular weight excluding hydrogens is 264 g/mol. The summed E-state index contributed by atoms with van der Waals surface area (Å²) in [6.45, 7) is 4.53. The van der Waals surface area contributed by atoms with Gasteiger partial charge in [0.05, 0.1) is 17.9 Å². The molecule has 1 aromatic carbocycles. The molecule has 0 unspecified atom stereocenters. The van der Waals surface area contributed by atoms with Gasteiger partial charge in [-0.05, 0) is 26.0 Å². The fourth-order valence-electron chi connectivity index (χ4n) is 2.20. The number of pyridine rings is 1. The van der Waals surface area contributed by atoms with E-state index in [1.807, 2.05) is 35.1 Å². The lowest BCUT2D eigenvalue weighted by molar-refractivity contribution is 0.476. The highest BCUT2D eigenvalue weighted by molar-refractivity contribution is 5.86. The van der Waals surface area contributed by atoms with Crippen LogP contribution >= 0.6 is 0 Å². The third-order valence-electron chi connectivity index (χ3n) is 3.35. The Labute approximate surface area is 123 Å². The number of rotatable bonds is 4. The van der Waals surface area contributed by atoms with E-state index in [1.54, 1.807) is 12.4 Å². The molecule has 0 aliphatic heterocycles. The number of nitrogens with two attached hydrogens (primary N) is 1. The van der Waals surface area contributed by atoms with E-state index >= 15 is 0 Å². The van der Waals surface area contributed by atoms with Gasteiger partial charge in [0.25, 0.3) is 0 Å². The van der Waals surface area contributed by atoms with Crippen LogP contribution in [0.2, 0.25) is 0 Å². The normalized spacial score (nSPS) is 11.2. The van der Waals surface area contributed by atoms with Crippen molar-refractivity contribution in [1.29, 1.82) is 0 Å². The molecule has 3 aromatic rings. The molecule has 108 valence electrons. The molecule has 0 saturated heterocycles. The van der Waals surface area contributed by atoms with E-state index in [1.165, 1.54) is 0 Å². The van der Waals surface area contributed by atoms with Gasteiger partial charge < -0.3 is 10.5 Å². The molecule has 0 saturated carbocycles. The number of hydrogen-bond acceptors (Lipinski definition) is 4. The summed E-state index contributed by atoms with van der Waals surface area (Å²) in [4.78, 5) is 4.41. The van der Waals surface area contributed by atoms with Gasteiger partial charge in [-0.15, -0.1) is 0 Å². The molecule has 0 aliphatic rings. The zero-order chi connectivity index (χ0) is 14.8. The monoisotopic (exact) mass is 282 g/mol. The number of para-hydroxylation sites is 1. The molecule has 0 atom stereocenters. The Morgan fingerprint density at radius 3 is 2.76 bits per heavy atom. The summed E-state index contributed by atoms with van der Waals surface area (Å²) in [6.07, 6.45) is 5.38. The first-order chi connectivity index (χ1) is 10.2. The van der Waals surface area contributed by atoms with Crippen LogP contribution < -0.4 is 10.5 Å². The summed E-state index contributed by atoms with van der Waals surface area (Å²) in [5.74, 6) is 1.46. The van der Waals surface area contributed by atoms with Gasteiger partial charge in [0.1, 0.15) is 5.75 Å². The molecule has 3 rings (SSSR count). The van der Waals surface area contributed by atoms with Gasteiger partial charge in [-0.25, -0.2) is 0 Å². The molecule has 2 N–H and O–H groups in total. The van der Waals surface area contributed by atoms with Gasteiger partial charge in [0.2, 0.25) is 0 Å². The van der Waals surface area contributed by atoms with Crippen molar-refractivity contribution in [2.75, 3.05) is 0 Å². The van der Waals surface area contributed by atoms with Gasteiger partial charge in [0.15, 0.2) is 5.75 Å². The van der Waals surface area contributed by atoms with Crippen molar-refractivity contribution < 1.29 is 4.74 Å². The third-order valence-corrected chi connectivity index (χ3v) is 3.35. The molecular formula is C16H18N4O. The van der Waals surface area contributed by atoms with Crippen LogP contribution in [0.3, 0.4) is 0 Å². The van der Waals surface area contributed by atoms with Crippen molar-refractivity contribution in [2.45, 2.75) is 26.4 Å². The predicted molar refractivity (Wildman–Crippen MR) is 82.3 cm³/mol. The van der Waals surface area contributed by atoms with E-state index in [4.69, 9.17) is 10.5 Å².